The van der Waals surface area contributed by atoms with E-state index in [2.05, 4.69) is 30.1 Å². The van der Waals surface area contributed by atoms with Gasteiger partial charge in [0.1, 0.15) is 18.1 Å². The number of nitro benzene ring substituents is 1. The van der Waals surface area contributed by atoms with Crippen LogP contribution in [0.15, 0.2) is 61.2 Å². The molecule has 3 atom stereocenters. The van der Waals surface area contributed by atoms with Gasteiger partial charge in [-0.25, -0.2) is 0 Å². The van der Waals surface area contributed by atoms with Crippen molar-refractivity contribution < 1.29 is 14.8 Å². The van der Waals surface area contributed by atoms with Crippen molar-refractivity contribution in [1.29, 1.82) is 0 Å². The molecule has 6 heteroatoms. The molecule has 2 N–H and O–H groups in total. The zero-order chi connectivity index (χ0) is 19.0. The predicted octanol–water partition coefficient (Wildman–Crippen LogP) is 4.69. The lowest BCUT2D eigenvalue weighted by atomic mass is 9.76. The van der Waals surface area contributed by atoms with Crippen molar-refractivity contribution in [2.24, 2.45) is 5.92 Å². The third-order valence-electron chi connectivity index (χ3n) is 5.27. The molecule has 0 saturated heterocycles. The quantitative estimate of drug-likeness (QED) is 0.457. The first-order valence-corrected chi connectivity index (χ1v) is 8.87. The van der Waals surface area contributed by atoms with Crippen LogP contribution < -0.4 is 10.1 Å². The molecule has 0 spiro atoms. The van der Waals surface area contributed by atoms with Crippen LogP contribution >= 0.6 is 0 Å². The van der Waals surface area contributed by atoms with Gasteiger partial charge in [-0.05, 0) is 30.0 Å². The van der Waals surface area contributed by atoms with E-state index in [1.165, 1.54) is 18.2 Å². The fourth-order valence-electron chi connectivity index (χ4n) is 4.07. The zero-order valence-electron chi connectivity index (χ0n) is 14.7. The van der Waals surface area contributed by atoms with Crippen molar-refractivity contribution in [3.63, 3.8) is 0 Å². The van der Waals surface area contributed by atoms with E-state index >= 15 is 0 Å². The molecule has 6 nitrogen and oxygen atoms in total. The number of fused-ring (bicyclic) bond motifs is 3. The largest absolute Gasteiger partial charge is 0.508 e. The number of phenols is 1. The summed E-state index contributed by atoms with van der Waals surface area (Å²) in [7, 11) is 0. The van der Waals surface area contributed by atoms with Gasteiger partial charge in [0.2, 0.25) is 0 Å². The van der Waals surface area contributed by atoms with Gasteiger partial charge in [0, 0.05) is 23.6 Å². The maximum Gasteiger partial charge on any atom is 0.270 e. The van der Waals surface area contributed by atoms with Crippen LogP contribution in [-0.4, -0.2) is 16.6 Å². The molecule has 1 heterocycles. The van der Waals surface area contributed by atoms with Crippen LogP contribution in [0, 0.1) is 16.0 Å². The van der Waals surface area contributed by atoms with E-state index in [1.807, 2.05) is 12.1 Å². The molecule has 0 aromatic heterocycles. The number of allylic oxidation sites excluding steroid dienone is 2. The summed E-state index contributed by atoms with van der Waals surface area (Å²) in [4.78, 5) is 10.8. The van der Waals surface area contributed by atoms with Crippen molar-refractivity contribution in [2.75, 3.05) is 11.9 Å². The predicted molar refractivity (Wildman–Crippen MR) is 103 cm³/mol. The van der Waals surface area contributed by atoms with Crippen molar-refractivity contribution >= 4 is 11.4 Å². The average molecular weight is 364 g/mol. The van der Waals surface area contributed by atoms with Gasteiger partial charge >= 0.3 is 0 Å². The normalized spacial score (nSPS) is 22.4. The van der Waals surface area contributed by atoms with Gasteiger partial charge in [-0.3, -0.25) is 10.1 Å². The van der Waals surface area contributed by atoms with Gasteiger partial charge in [0.15, 0.2) is 0 Å². The molecule has 3 unspecified atom stereocenters. The second-order valence-electron chi connectivity index (χ2n) is 6.80. The molecule has 1 aliphatic heterocycles. The van der Waals surface area contributed by atoms with Crippen LogP contribution in [0.2, 0.25) is 0 Å². The Kier molecular flexibility index (Phi) is 4.32. The summed E-state index contributed by atoms with van der Waals surface area (Å²) in [6.45, 7) is 4.07. The molecule has 1 aliphatic carbocycles. The summed E-state index contributed by atoms with van der Waals surface area (Å²) in [5, 5.41) is 25.1. The Morgan fingerprint density at radius 3 is 2.96 bits per heavy atom. The summed E-state index contributed by atoms with van der Waals surface area (Å²) in [6.07, 6.45) is 6.82. The first-order valence-electron chi connectivity index (χ1n) is 8.87. The van der Waals surface area contributed by atoms with Gasteiger partial charge in [0.25, 0.3) is 5.69 Å². The molecule has 4 rings (SSSR count). The number of nitro groups is 1. The van der Waals surface area contributed by atoms with Crippen LogP contribution in [-0.2, 0) is 0 Å². The number of aromatic hydroxyl groups is 1. The second kappa shape index (κ2) is 6.79. The number of para-hydroxylation sites is 1. The van der Waals surface area contributed by atoms with E-state index in [0.29, 0.717) is 17.9 Å². The lowest BCUT2D eigenvalue weighted by molar-refractivity contribution is -0.385. The zero-order valence-corrected chi connectivity index (χ0v) is 14.7. The Morgan fingerprint density at radius 1 is 1.33 bits per heavy atom. The molecule has 0 saturated carbocycles. The standard InChI is InChI=1S/C21H20N2O4/c1-2-11-27-19-8-4-7-16-14-5-3-6-15(14)20(22-21(16)19)17-12-13(23(25)26)9-10-18(17)24/h2-5,7-10,12,14-15,20,22,24H,1,6,11H2. The molecule has 0 bridgehead atoms. The molecule has 138 valence electrons. The van der Waals surface area contributed by atoms with Crippen LogP contribution in [0.4, 0.5) is 11.4 Å². The Bertz CT molecular complexity index is 938. The number of phenolic OH excluding ortho intramolecular Hbond substituents is 1. The average Bonchev–Trinajstić information content (AvgIpc) is 3.16. The fraction of sp³-hybridized carbons (Fsp3) is 0.238. The highest BCUT2D eigenvalue weighted by Gasteiger charge is 2.40. The summed E-state index contributed by atoms with van der Waals surface area (Å²) >= 11 is 0. The lowest BCUT2D eigenvalue weighted by Gasteiger charge is -2.38. The van der Waals surface area contributed by atoms with Gasteiger partial charge in [-0.1, -0.05) is 36.9 Å². The molecule has 2 aromatic rings. The monoisotopic (exact) mass is 364 g/mol. The molecule has 2 aliphatic rings. The first-order chi connectivity index (χ1) is 13.1. The number of anilines is 1. The van der Waals surface area contributed by atoms with Crippen molar-refractivity contribution in [1.82, 2.24) is 0 Å². The SMILES string of the molecule is C=CCOc1cccc2c1NC(c1cc([N+](=O)[O-])ccc1O)C1CC=CC21. The Hall–Kier alpha value is -3.28. The summed E-state index contributed by atoms with van der Waals surface area (Å²) < 4.78 is 5.80. The van der Waals surface area contributed by atoms with Crippen molar-refractivity contribution in [2.45, 2.75) is 18.4 Å². The highest BCUT2D eigenvalue weighted by atomic mass is 16.6. The Balaban J connectivity index is 1.80. The van der Waals surface area contributed by atoms with E-state index < -0.39 is 4.92 Å². The molecular weight excluding hydrogens is 344 g/mol. The molecule has 27 heavy (non-hydrogen) atoms. The lowest BCUT2D eigenvalue weighted by Crippen LogP contribution is -2.29. The molecular formula is C21H20N2O4. The van der Waals surface area contributed by atoms with Crippen LogP contribution in [0.25, 0.3) is 0 Å². The summed E-state index contributed by atoms with van der Waals surface area (Å²) in [5.74, 6) is 1.09. The third kappa shape index (κ3) is 2.93. The first kappa shape index (κ1) is 17.1. The highest BCUT2D eigenvalue weighted by Crippen LogP contribution is 2.53. The maximum absolute atomic E-state index is 11.2. The number of ether oxygens (including phenoxy) is 1. The fourth-order valence-corrected chi connectivity index (χ4v) is 4.07. The summed E-state index contributed by atoms with van der Waals surface area (Å²) in [6, 6.07) is 9.83. The molecule has 0 fully saturated rings. The van der Waals surface area contributed by atoms with E-state index in [9.17, 15) is 15.2 Å². The van der Waals surface area contributed by atoms with Gasteiger partial charge in [-0.2, -0.15) is 0 Å². The van der Waals surface area contributed by atoms with Crippen LogP contribution in [0.3, 0.4) is 0 Å². The van der Waals surface area contributed by atoms with Crippen molar-refractivity contribution in [3.8, 4) is 11.5 Å². The smallest absolute Gasteiger partial charge is 0.270 e. The van der Waals surface area contributed by atoms with E-state index in [4.69, 9.17) is 4.74 Å². The summed E-state index contributed by atoms with van der Waals surface area (Å²) in [5.41, 5.74) is 2.50. The molecule has 0 amide bonds. The van der Waals surface area contributed by atoms with Gasteiger partial charge < -0.3 is 15.2 Å². The second-order valence-corrected chi connectivity index (χ2v) is 6.80. The Labute approximate surface area is 156 Å². The minimum atomic E-state index is -0.442. The number of rotatable bonds is 5. The Morgan fingerprint density at radius 2 is 2.19 bits per heavy atom. The number of nitrogens with one attached hydrogen (secondary N) is 1. The minimum Gasteiger partial charge on any atom is -0.508 e. The highest BCUT2D eigenvalue weighted by molar-refractivity contribution is 5.68. The van der Waals surface area contributed by atoms with E-state index in [-0.39, 0.29) is 29.3 Å². The molecule has 2 aromatic carbocycles. The number of nitrogens with zero attached hydrogens (tertiary/aromatic N) is 1. The number of hydrogen-bond donors (Lipinski definition) is 2. The van der Waals surface area contributed by atoms with E-state index in [1.54, 1.807) is 6.08 Å². The third-order valence-corrected chi connectivity index (χ3v) is 5.27. The van der Waals surface area contributed by atoms with Crippen molar-refractivity contribution in [3.05, 3.63) is 82.4 Å². The van der Waals surface area contributed by atoms with E-state index in [0.717, 1.165) is 17.7 Å². The number of non-ortho nitro benzene ring substituents is 1. The molecule has 0 radical (unpaired) electrons. The van der Waals surface area contributed by atoms with Crippen LogP contribution in [0.5, 0.6) is 11.5 Å². The van der Waals surface area contributed by atoms with Gasteiger partial charge in [-0.15, -0.1) is 0 Å². The maximum atomic E-state index is 11.2. The van der Waals surface area contributed by atoms with Crippen LogP contribution in [0.1, 0.15) is 29.5 Å². The topological polar surface area (TPSA) is 84.6 Å². The number of benzene rings is 2. The minimum absolute atomic E-state index is 0.0332. The van der Waals surface area contributed by atoms with Gasteiger partial charge in [0.05, 0.1) is 16.7 Å². The number of hydrogen-bond acceptors (Lipinski definition) is 5.